The Kier molecular flexibility index (Phi) is 3.49. The molecule has 1 aromatic carbocycles. The fourth-order valence-electron chi connectivity index (χ4n) is 1.81. The molecule has 1 atom stereocenters. The third kappa shape index (κ3) is 2.88. The summed E-state index contributed by atoms with van der Waals surface area (Å²) in [7, 11) is 0. The van der Waals surface area contributed by atoms with Crippen LogP contribution in [0.4, 0.5) is 4.39 Å². The molecule has 2 aromatic rings. The fourth-order valence-corrected chi connectivity index (χ4v) is 1.81. The second-order valence-corrected chi connectivity index (χ2v) is 4.17. The minimum absolute atomic E-state index is 0.149. The van der Waals surface area contributed by atoms with Gasteiger partial charge in [-0.25, -0.2) is 4.39 Å². The SMILES string of the molecule is Cc1ccc(F)cc1CC(N)c1cccnc1. The standard InChI is InChI=1S/C14H15FN2/c1-10-4-5-13(15)7-12(10)8-14(16)11-3-2-6-17-9-11/h2-7,9,14H,8,16H2,1H3. The molecule has 1 heterocycles. The number of benzene rings is 1. The van der Waals surface area contributed by atoms with Gasteiger partial charge in [0.25, 0.3) is 0 Å². The topological polar surface area (TPSA) is 38.9 Å². The molecule has 0 spiro atoms. The average molecular weight is 230 g/mol. The van der Waals surface area contributed by atoms with E-state index in [2.05, 4.69) is 4.98 Å². The van der Waals surface area contributed by atoms with Crippen LogP contribution in [0.15, 0.2) is 42.7 Å². The van der Waals surface area contributed by atoms with Crippen molar-refractivity contribution in [2.45, 2.75) is 19.4 Å². The van der Waals surface area contributed by atoms with Gasteiger partial charge in [0.2, 0.25) is 0 Å². The maximum absolute atomic E-state index is 13.1. The zero-order valence-electron chi connectivity index (χ0n) is 9.73. The second-order valence-electron chi connectivity index (χ2n) is 4.17. The van der Waals surface area contributed by atoms with Gasteiger partial charge in [-0.2, -0.15) is 0 Å². The summed E-state index contributed by atoms with van der Waals surface area (Å²) in [5, 5.41) is 0. The lowest BCUT2D eigenvalue weighted by Crippen LogP contribution is -2.14. The van der Waals surface area contributed by atoms with E-state index in [1.54, 1.807) is 24.5 Å². The fraction of sp³-hybridized carbons (Fsp3) is 0.214. The highest BCUT2D eigenvalue weighted by Gasteiger charge is 2.09. The maximum Gasteiger partial charge on any atom is 0.123 e. The lowest BCUT2D eigenvalue weighted by molar-refractivity contribution is 0.621. The average Bonchev–Trinajstić information content (AvgIpc) is 2.35. The highest BCUT2D eigenvalue weighted by molar-refractivity contribution is 5.29. The van der Waals surface area contributed by atoms with Crippen molar-refractivity contribution in [3.63, 3.8) is 0 Å². The maximum atomic E-state index is 13.1. The van der Waals surface area contributed by atoms with Crippen molar-refractivity contribution < 1.29 is 4.39 Å². The number of nitrogens with two attached hydrogens (primary N) is 1. The van der Waals surface area contributed by atoms with Gasteiger partial charge in [-0.1, -0.05) is 12.1 Å². The number of hydrogen-bond acceptors (Lipinski definition) is 2. The number of nitrogens with zero attached hydrogens (tertiary/aromatic N) is 1. The Labute approximate surface area is 100 Å². The van der Waals surface area contributed by atoms with Gasteiger partial charge >= 0.3 is 0 Å². The summed E-state index contributed by atoms with van der Waals surface area (Å²) in [6, 6.07) is 8.43. The number of hydrogen-bond donors (Lipinski definition) is 1. The Hall–Kier alpha value is -1.74. The molecule has 0 bridgehead atoms. The molecule has 0 saturated heterocycles. The lowest BCUT2D eigenvalue weighted by Gasteiger charge is -2.13. The van der Waals surface area contributed by atoms with Gasteiger partial charge in [-0.3, -0.25) is 4.98 Å². The highest BCUT2D eigenvalue weighted by atomic mass is 19.1. The minimum atomic E-state index is -0.219. The van der Waals surface area contributed by atoms with Crippen molar-refractivity contribution in [2.75, 3.05) is 0 Å². The Bertz CT molecular complexity index is 497. The van der Waals surface area contributed by atoms with Crippen LogP contribution in [-0.2, 0) is 6.42 Å². The van der Waals surface area contributed by atoms with Crippen LogP contribution in [0.5, 0.6) is 0 Å². The van der Waals surface area contributed by atoms with Gasteiger partial charge < -0.3 is 5.73 Å². The molecular formula is C14H15FN2. The molecule has 0 radical (unpaired) electrons. The van der Waals surface area contributed by atoms with E-state index in [9.17, 15) is 4.39 Å². The first-order chi connectivity index (χ1) is 8.16. The molecule has 88 valence electrons. The molecule has 1 aromatic heterocycles. The largest absolute Gasteiger partial charge is 0.324 e. The molecule has 3 heteroatoms. The second kappa shape index (κ2) is 5.06. The first-order valence-corrected chi connectivity index (χ1v) is 5.57. The van der Waals surface area contributed by atoms with Gasteiger partial charge in [-0.05, 0) is 48.2 Å². The molecule has 0 fully saturated rings. The van der Waals surface area contributed by atoms with Gasteiger partial charge in [0, 0.05) is 18.4 Å². The third-order valence-corrected chi connectivity index (χ3v) is 2.86. The summed E-state index contributed by atoms with van der Waals surface area (Å²) in [6.07, 6.45) is 4.08. The van der Waals surface area contributed by atoms with Crippen molar-refractivity contribution in [2.24, 2.45) is 5.73 Å². The van der Waals surface area contributed by atoms with Crippen LogP contribution in [-0.4, -0.2) is 4.98 Å². The summed E-state index contributed by atoms with van der Waals surface area (Å²) in [5.41, 5.74) is 9.06. The van der Waals surface area contributed by atoms with E-state index in [0.717, 1.165) is 16.7 Å². The molecule has 2 N–H and O–H groups in total. The Balaban J connectivity index is 2.18. The minimum Gasteiger partial charge on any atom is -0.324 e. The number of rotatable bonds is 3. The van der Waals surface area contributed by atoms with Crippen molar-refractivity contribution in [3.8, 4) is 0 Å². The molecule has 17 heavy (non-hydrogen) atoms. The van der Waals surface area contributed by atoms with E-state index in [1.807, 2.05) is 19.1 Å². The van der Waals surface area contributed by atoms with Crippen LogP contribution in [0.25, 0.3) is 0 Å². The van der Waals surface area contributed by atoms with Gasteiger partial charge in [0.1, 0.15) is 5.82 Å². The van der Waals surface area contributed by atoms with E-state index in [1.165, 1.54) is 6.07 Å². The summed E-state index contributed by atoms with van der Waals surface area (Å²) in [6.45, 7) is 1.96. The van der Waals surface area contributed by atoms with E-state index >= 15 is 0 Å². The van der Waals surface area contributed by atoms with E-state index in [4.69, 9.17) is 5.73 Å². The predicted octanol–water partition coefficient (Wildman–Crippen LogP) is 2.77. The van der Waals surface area contributed by atoms with Crippen molar-refractivity contribution in [1.29, 1.82) is 0 Å². The monoisotopic (exact) mass is 230 g/mol. The Morgan fingerprint density at radius 3 is 2.88 bits per heavy atom. The van der Waals surface area contributed by atoms with Crippen LogP contribution in [0, 0.1) is 12.7 Å². The molecule has 0 aliphatic heterocycles. The van der Waals surface area contributed by atoms with Crippen molar-refractivity contribution >= 4 is 0 Å². The van der Waals surface area contributed by atoms with Gasteiger partial charge in [-0.15, -0.1) is 0 Å². The number of pyridine rings is 1. The molecule has 1 unspecified atom stereocenters. The first kappa shape index (κ1) is 11.7. The van der Waals surface area contributed by atoms with Crippen molar-refractivity contribution in [3.05, 3.63) is 65.2 Å². The molecular weight excluding hydrogens is 215 g/mol. The van der Waals surface area contributed by atoms with E-state index in [0.29, 0.717) is 6.42 Å². The van der Waals surface area contributed by atoms with Crippen LogP contribution in [0.2, 0.25) is 0 Å². The molecule has 2 nitrogen and oxygen atoms in total. The summed E-state index contributed by atoms with van der Waals surface area (Å²) < 4.78 is 13.1. The van der Waals surface area contributed by atoms with Gasteiger partial charge in [0.05, 0.1) is 0 Å². The van der Waals surface area contributed by atoms with Crippen molar-refractivity contribution in [1.82, 2.24) is 4.98 Å². The Morgan fingerprint density at radius 2 is 2.18 bits per heavy atom. The van der Waals surface area contributed by atoms with Crippen LogP contribution >= 0.6 is 0 Å². The van der Waals surface area contributed by atoms with Crippen LogP contribution in [0.3, 0.4) is 0 Å². The number of aryl methyl sites for hydroxylation is 1. The van der Waals surface area contributed by atoms with Crippen LogP contribution in [0.1, 0.15) is 22.7 Å². The molecule has 0 amide bonds. The summed E-state index contributed by atoms with van der Waals surface area (Å²) in [4.78, 5) is 4.03. The zero-order valence-corrected chi connectivity index (χ0v) is 9.73. The molecule has 0 aliphatic carbocycles. The molecule has 0 saturated carbocycles. The number of halogens is 1. The summed E-state index contributed by atoms with van der Waals surface area (Å²) in [5.74, 6) is -0.219. The lowest BCUT2D eigenvalue weighted by atomic mass is 9.98. The summed E-state index contributed by atoms with van der Waals surface area (Å²) >= 11 is 0. The highest BCUT2D eigenvalue weighted by Crippen LogP contribution is 2.18. The van der Waals surface area contributed by atoms with Gasteiger partial charge in [0.15, 0.2) is 0 Å². The smallest absolute Gasteiger partial charge is 0.123 e. The van der Waals surface area contributed by atoms with E-state index < -0.39 is 0 Å². The first-order valence-electron chi connectivity index (χ1n) is 5.57. The Morgan fingerprint density at radius 1 is 1.35 bits per heavy atom. The zero-order chi connectivity index (χ0) is 12.3. The quantitative estimate of drug-likeness (QED) is 0.880. The molecule has 2 rings (SSSR count). The molecule has 0 aliphatic rings. The number of aromatic nitrogens is 1. The van der Waals surface area contributed by atoms with E-state index in [-0.39, 0.29) is 11.9 Å². The third-order valence-electron chi connectivity index (χ3n) is 2.86. The normalized spacial score (nSPS) is 12.4. The van der Waals surface area contributed by atoms with Crippen LogP contribution < -0.4 is 5.73 Å². The predicted molar refractivity (Wildman–Crippen MR) is 66.0 cm³/mol.